The summed E-state index contributed by atoms with van der Waals surface area (Å²) in [5.74, 6) is 1.95. The monoisotopic (exact) mass is 140 g/mol. The molecule has 0 radical (unpaired) electrons. The molecular formula is C10H20. The first-order chi connectivity index (χ1) is 4.52. The molecular weight excluding hydrogens is 120 g/mol. The van der Waals surface area contributed by atoms with Crippen molar-refractivity contribution in [1.82, 2.24) is 0 Å². The van der Waals surface area contributed by atoms with Crippen molar-refractivity contribution < 1.29 is 0 Å². The molecule has 1 aliphatic rings. The SMILES string of the molecule is CC1CCC[C@H]1C(C)(C)C. The number of rotatable bonds is 0. The molecule has 0 spiro atoms. The molecule has 0 aliphatic heterocycles. The van der Waals surface area contributed by atoms with Crippen LogP contribution in [-0.2, 0) is 0 Å². The van der Waals surface area contributed by atoms with Gasteiger partial charge >= 0.3 is 0 Å². The van der Waals surface area contributed by atoms with Gasteiger partial charge in [0.05, 0.1) is 0 Å². The molecule has 0 aromatic rings. The molecule has 0 aromatic heterocycles. The Bertz CT molecular complexity index is 108. The third kappa shape index (κ3) is 1.53. The predicted octanol–water partition coefficient (Wildman–Crippen LogP) is 3.47. The Kier molecular flexibility index (Phi) is 2.07. The molecule has 60 valence electrons. The average molecular weight is 140 g/mol. The minimum atomic E-state index is 0.552. The Hall–Kier alpha value is 0. The zero-order valence-electron chi connectivity index (χ0n) is 7.78. The van der Waals surface area contributed by atoms with Crippen molar-refractivity contribution in [3.8, 4) is 0 Å². The van der Waals surface area contributed by atoms with Crippen LogP contribution in [0.5, 0.6) is 0 Å². The van der Waals surface area contributed by atoms with E-state index in [2.05, 4.69) is 27.7 Å². The smallest absolute Gasteiger partial charge is 0.0340 e. The largest absolute Gasteiger partial charge is 0.0622 e. The van der Waals surface area contributed by atoms with E-state index >= 15 is 0 Å². The van der Waals surface area contributed by atoms with E-state index in [4.69, 9.17) is 0 Å². The van der Waals surface area contributed by atoms with E-state index in [1.165, 1.54) is 19.3 Å². The molecule has 2 atom stereocenters. The zero-order valence-corrected chi connectivity index (χ0v) is 7.78. The Labute approximate surface area is 65.0 Å². The van der Waals surface area contributed by atoms with Gasteiger partial charge in [-0.15, -0.1) is 0 Å². The highest BCUT2D eigenvalue weighted by molar-refractivity contribution is 4.83. The maximum absolute atomic E-state index is 2.41. The first-order valence-corrected chi connectivity index (χ1v) is 4.52. The maximum atomic E-state index is 2.41. The lowest BCUT2D eigenvalue weighted by atomic mass is 9.75. The number of hydrogen-bond acceptors (Lipinski definition) is 0. The van der Waals surface area contributed by atoms with Gasteiger partial charge in [-0.1, -0.05) is 40.5 Å². The van der Waals surface area contributed by atoms with E-state index in [9.17, 15) is 0 Å². The van der Waals surface area contributed by atoms with Gasteiger partial charge in [-0.2, -0.15) is 0 Å². The summed E-state index contributed by atoms with van der Waals surface area (Å²) >= 11 is 0. The van der Waals surface area contributed by atoms with Crippen LogP contribution in [0.3, 0.4) is 0 Å². The van der Waals surface area contributed by atoms with Crippen LogP contribution >= 0.6 is 0 Å². The fourth-order valence-electron chi connectivity index (χ4n) is 2.43. The minimum Gasteiger partial charge on any atom is -0.0622 e. The summed E-state index contributed by atoms with van der Waals surface area (Å²) in [6.07, 6.45) is 4.38. The summed E-state index contributed by atoms with van der Waals surface area (Å²) in [6, 6.07) is 0. The van der Waals surface area contributed by atoms with E-state index in [0.717, 1.165) is 11.8 Å². The molecule has 1 fully saturated rings. The van der Waals surface area contributed by atoms with Gasteiger partial charge in [-0.05, 0) is 23.7 Å². The first kappa shape index (κ1) is 8.10. The summed E-state index contributed by atoms with van der Waals surface area (Å²) in [5.41, 5.74) is 0.552. The summed E-state index contributed by atoms with van der Waals surface area (Å²) in [4.78, 5) is 0. The van der Waals surface area contributed by atoms with Gasteiger partial charge < -0.3 is 0 Å². The van der Waals surface area contributed by atoms with E-state index in [1.807, 2.05) is 0 Å². The molecule has 0 heterocycles. The van der Waals surface area contributed by atoms with E-state index in [1.54, 1.807) is 0 Å². The van der Waals surface area contributed by atoms with Gasteiger partial charge in [-0.3, -0.25) is 0 Å². The molecule has 1 rings (SSSR count). The van der Waals surface area contributed by atoms with E-state index in [-0.39, 0.29) is 0 Å². The molecule has 1 aliphatic carbocycles. The van der Waals surface area contributed by atoms with Gasteiger partial charge in [-0.25, -0.2) is 0 Å². The molecule has 0 N–H and O–H groups in total. The zero-order chi connectivity index (χ0) is 7.78. The Morgan fingerprint density at radius 2 is 1.70 bits per heavy atom. The quantitative estimate of drug-likeness (QED) is 0.483. The second kappa shape index (κ2) is 2.56. The summed E-state index contributed by atoms with van der Waals surface area (Å²) in [7, 11) is 0. The van der Waals surface area contributed by atoms with Crippen molar-refractivity contribution in [3.05, 3.63) is 0 Å². The fraction of sp³-hybridized carbons (Fsp3) is 1.00. The van der Waals surface area contributed by atoms with Crippen LogP contribution < -0.4 is 0 Å². The van der Waals surface area contributed by atoms with Crippen LogP contribution in [0.1, 0.15) is 47.0 Å². The maximum Gasteiger partial charge on any atom is -0.0340 e. The summed E-state index contributed by atoms with van der Waals surface area (Å²) in [5, 5.41) is 0. The lowest BCUT2D eigenvalue weighted by Crippen LogP contribution is -2.22. The predicted molar refractivity (Wildman–Crippen MR) is 46.0 cm³/mol. The molecule has 0 heteroatoms. The Morgan fingerprint density at radius 3 is 1.90 bits per heavy atom. The van der Waals surface area contributed by atoms with Crippen LogP contribution in [-0.4, -0.2) is 0 Å². The summed E-state index contributed by atoms with van der Waals surface area (Å²) < 4.78 is 0. The molecule has 1 unspecified atom stereocenters. The second-order valence-electron chi connectivity index (χ2n) is 4.88. The molecule has 0 saturated heterocycles. The Balaban J connectivity index is 2.55. The molecule has 0 amide bonds. The third-order valence-electron chi connectivity index (χ3n) is 2.97. The lowest BCUT2D eigenvalue weighted by Gasteiger charge is -2.30. The topological polar surface area (TPSA) is 0 Å². The van der Waals surface area contributed by atoms with Gasteiger partial charge in [0, 0.05) is 0 Å². The number of hydrogen-bond donors (Lipinski definition) is 0. The molecule has 10 heavy (non-hydrogen) atoms. The van der Waals surface area contributed by atoms with E-state index < -0.39 is 0 Å². The normalized spacial score (nSPS) is 34.8. The van der Waals surface area contributed by atoms with Crippen LogP contribution in [0.4, 0.5) is 0 Å². The van der Waals surface area contributed by atoms with Crippen LogP contribution in [0.25, 0.3) is 0 Å². The summed E-state index contributed by atoms with van der Waals surface area (Å²) in [6.45, 7) is 9.53. The Morgan fingerprint density at radius 1 is 1.10 bits per heavy atom. The van der Waals surface area contributed by atoms with Crippen LogP contribution in [0.2, 0.25) is 0 Å². The standard InChI is InChI=1S/C10H20/c1-8-6-5-7-9(8)10(2,3)4/h8-9H,5-7H2,1-4H3/t8?,9-/m1/s1. The van der Waals surface area contributed by atoms with Gasteiger partial charge in [0.25, 0.3) is 0 Å². The molecule has 0 aromatic carbocycles. The third-order valence-corrected chi connectivity index (χ3v) is 2.97. The van der Waals surface area contributed by atoms with Crippen molar-refractivity contribution in [2.45, 2.75) is 47.0 Å². The van der Waals surface area contributed by atoms with Crippen LogP contribution in [0.15, 0.2) is 0 Å². The van der Waals surface area contributed by atoms with Crippen LogP contribution in [0, 0.1) is 17.3 Å². The molecule has 0 nitrogen and oxygen atoms in total. The van der Waals surface area contributed by atoms with Crippen molar-refractivity contribution in [3.63, 3.8) is 0 Å². The highest BCUT2D eigenvalue weighted by Gasteiger charge is 2.32. The van der Waals surface area contributed by atoms with Crippen molar-refractivity contribution in [1.29, 1.82) is 0 Å². The van der Waals surface area contributed by atoms with Gasteiger partial charge in [0.2, 0.25) is 0 Å². The minimum absolute atomic E-state index is 0.552. The highest BCUT2D eigenvalue weighted by atomic mass is 14.4. The van der Waals surface area contributed by atoms with Crippen molar-refractivity contribution in [2.24, 2.45) is 17.3 Å². The molecule has 0 bridgehead atoms. The first-order valence-electron chi connectivity index (χ1n) is 4.52. The van der Waals surface area contributed by atoms with Crippen molar-refractivity contribution in [2.75, 3.05) is 0 Å². The van der Waals surface area contributed by atoms with Gasteiger partial charge in [0.1, 0.15) is 0 Å². The van der Waals surface area contributed by atoms with Crippen molar-refractivity contribution >= 4 is 0 Å². The highest BCUT2D eigenvalue weighted by Crippen LogP contribution is 2.42. The second-order valence-corrected chi connectivity index (χ2v) is 4.88. The lowest BCUT2D eigenvalue weighted by molar-refractivity contribution is 0.196. The fourth-order valence-corrected chi connectivity index (χ4v) is 2.43. The molecule has 1 saturated carbocycles. The van der Waals surface area contributed by atoms with E-state index in [0.29, 0.717) is 5.41 Å². The average Bonchev–Trinajstić information content (AvgIpc) is 2.11. The van der Waals surface area contributed by atoms with Gasteiger partial charge in [0.15, 0.2) is 0 Å².